The molecule has 0 unspecified atom stereocenters. The maximum absolute atomic E-state index is 13.3. The van der Waals surface area contributed by atoms with E-state index in [2.05, 4.69) is 10.3 Å². The standard InChI is InChI=1S/C25H23FN4O5S/c26-14-18-11-17(15-27)2-3-20(18)35-21-4-1-16(12-19(21)31)13-22-24(33)29-25(36-22)28-6-5-23(32)30-7-9-34-10-8-30/h1-4,11-13,31H,5-10,14H2,(H,28,29,33)/b22-13-. The highest BCUT2D eigenvalue weighted by atomic mass is 32.2. The average Bonchev–Trinajstić information content (AvgIpc) is 3.24. The number of aliphatic imine (C=N–C) groups is 1. The Morgan fingerprint density at radius 2 is 2.06 bits per heavy atom. The molecule has 1 fully saturated rings. The summed E-state index contributed by atoms with van der Waals surface area (Å²) in [7, 11) is 0. The maximum atomic E-state index is 13.3. The summed E-state index contributed by atoms with van der Waals surface area (Å²) < 4.78 is 24.2. The Labute approximate surface area is 211 Å². The number of benzene rings is 2. The van der Waals surface area contributed by atoms with Gasteiger partial charge in [0.25, 0.3) is 5.91 Å². The predicted octanol–water partition coefficient (Wildman–Crippen LogP) is 3.33. The number of phenolic OH excluding ortho intramolecular Hbond substituents is 1. The van der Waals surface area contributed by atoms with E-state index in [-0.39, 0.29) is 35.1 Å². The van der Waals surface area contributed by atoms with Gasteiger partial charge in [-0.3, -0.25) is 9.59 Å². The third-order valence-corrected chi connectivity index (χ3v) is 6.37. The summed E-state index contributed by atoms with van der Waals surface area (Å²) in [5, 5.41) is 22.8. The number of halogens is 1. The quantitative estimate of drug-likeness (QED) is 0.544. The zero-order valence-electron chi connectivity index (χ0n) is 19.2. The van der Waals surface area contributed by atoms with Gasteiger partial charge in [-0.2, -0.15) is 10.3 Å². The molecule has 0 saturated carbocycles. The van der Waals surface area contributed by atoms with Crippen molar-refractivity contribution in [2.24, 2.45) is 4.99 Å². The van der Waals surface area contributed by atoms with Crippen LogP contribution in [0.1, 0.15) is 23.1 Å². The number of carbonyl (C=O) groups is 2. The van der Waals surface area contributed by atoms with Gasteiger partial charge >= 0.3 is 0 Å². The van der Waals surface area contributed by atoms with E-state index in [4.69, 9.17) is 14.7 Å². The minimum Gasteiger partial charge on any atom is -0.504 e. The first-order valence-electron chi connectivity index (χ1n) is 11.2. The smallest absolute Gasteiger partial charge is 0.286 e. The summed E-state index contributed by atoms with van der Waals surface area (Å²) in [4.78, 5) is 30.6. The molecule has 4 rings (SSSR count). The van der Waals surface area contributed by atoms with Crippen molar-refractivity contribution in [2.75, 3.05) is 32.8 Å². The summed E-state index contributed by atoms with van der Waals surface area (Å²) in [5.74, 6) is -0.308. The number of aromatic hydroxyl groups is 1. The van der Waals surface area contributed by atoms with Crippen molar-refractivity contribution in [3.8, 4) is 23.3 Å². The van der Waals surface area contributed by atoms with Gasteiger partial charge in [-0.25, -0.2) is 4.39 Å². The molecule has 186 valence electrons. The van der Waals surface area contributed by atoms with Crippen molar-refractivity contribution in [1.29, 1.82) is 5.26 Å². The molecule has 9 nitrogen and oxygen atoms in total. The monoisotopic (exact) mass is 510 g/mol. The van der Waals surface area contributed by atoms with Gasteiger partial charge in [-0.15, -0.1) is 0 Å². The third-order valence-electron chi connectivity index (χ3n) is 5.43. The summed E-state index contributed by atoms with van der Waals surface area (Å²) in [6.07, 6.45) is 1.87. The molecule has 2 aliphatic heterocycles. The number of nitriles is 1. The Hall–Kier alpha value is -3.88. The highest BCUT2D eigenvalue weighted by molar-refractivity contribution is 8.18. The summed E-state index contributed by atoms with van der Waals surface area (Å²) in [6, 6.07) is 10.9. The fraction of sp³-hybridized carbons (Fsp3) is 0.280. The second-order valence-electron chi connectivity index (χ2n) is 7.90. The molecule has 1 saturated heterocycles. The average molecular weight is 511 g/mol. The molecule has 2 aliphatic rings. The Kier molecular flexibility index (Phi) is 8.20. The number of amides is 2. The highest BCUT2D eigenvalue weighted by Crippen LogP contribution is 2.35. The van der Waals surface area contributed by atoms with Crippen LogP contribution in [0.25, 0.3) is 6.08 Å². The topological polar surface area (TPSA) is 124 Å². The van der Waals surface area contributed by atoms with E-state index in [1.165, 1.54) is 30.3 Å². The van der Waals surface area contributed by atoms with Crippen molar-refractivity contribution in [3.63, 3.8) is 0 Å². The Morgan fingerprint density at radius 3 is 2.78 bits per heavy atom. The van der Waals surface area contributed by atoms with Crippen LogP contribution in [-0.4, -0.2) is 59.8 Å². The molecule has 2 amide bonds. The van der Waals surface area contributed by atoms with E-state index in [1.807, 2.05) is 6.07 Å². The van der Waals surface area contributed by atoms with Crippen LogP contribution in [0, 0.1) is 11.3 Å². The van der Waals surface area contributed by atoms with E-state index < -0.39 is 12.6 Å². The fourth-order valence-electron chi connectivity index (χ4n) is 3.57. The van der Waals surface area contributed by atoms with Gasteiger partial charge in [0.2, 0.25) is 5.91 Å². The van der Waals surface area contributed by atoms with Crippen LogP contribution in [0.5, 0.6) is 17.2 Å². The predicted molar refractivity (Wildman–Crippen MR) is 132 cm³/mol. The van der Waals surface area contributed by atoms with Crippen molar-refractivity contribution in [3.05, 3.63) is 58.0 Å². The normalized spacial score (nSPS) is 16.6. The van der Waals surface area contributed by atoms with Crippen molar-refractivity contribution >= 4 is 34.8 Å². The molecular formula is C25H23FN4O5S. The number of hydrogen-bond donors (Lipinski definition) is 2. The first-order valence-corrected chi connectivity index (χ1v) is 12.0. The molecule has 2 heterocycles. The lowest BCUT2D eigenvalue weighted by Crippen LogP contribution is -2.41. The molecule has 2 aromatic carbocycles. The zero-order chi connectivity index (χ0) is 25.5. The largest absolute Gasteiger partial charge is 0.504 e. The lowest BCUT2D eigenvalue weighted by molar-refractivity contribution is -0.135. The van der Waals surface area contributed by atoms with Crippen LogP contribution < -0.4 is 10.1 Å². The van der Waals surface area contributed by atoms with Crippen molar-refractivity contribution in [2.45, 2.75) is 13.1 Å². The summed E-state index contributed by atoms with van der Waals surface area (Å²) in [6.45, 7) is 1.78. The van der Waals surface area contributed by atoms with Gasteiger partial charge in [0.05, 0.1) is 29.8 Å². The number of ether oxygens (including phenoxy) is 2. The van der Waals surface area contributed by atoms with Gasteiger partial charge in [0, 0.05) is 31.6 Å². The van der Waals surface area contributed by atoms with Gasteiger partial charge in [-0.1, -0.05) is 6.07 Å². The number of thioether (sulfide) groups is 1. The van der Waals surface area contributed by atoms with E-state index in [9.17, 15) is 19.1 Å². The van der Waals surface area contributed by atoms with Crippen molar-refractivity contribution in [1.82, 2.24) is 10.2 Å². The number of nitrogens with zero attached hydrogens (tertiary/aromatic N) is 3. The minimum absolute atomic E-state index is 0.0221. The first kappa shape index (κ1) is 25.2. The van der Waals surface area contributed by atoms with Crippen LogP contribution in [0.15, 0.2) is 46.3 Å². The van der Waals surface area contributed by atoms with Crippen LogP contribution in [-0.2, 0) is 21.0 Å². The molecule has 2 N–H and O–H groups in total. The Morgan fingerprint density at radius 1 is 1.28 bits per heavy atom. The molecular weight excluding hydrogens is 487 g/mol. The maximum Gasteiger partial charge on any atom is 0.286 e. The second-order valence-corrected chi connectivity index (χ2v) is 8.93. The molecule has 0 radical (unpaired) electrons. The van der Waals surface area contributed by atoms with Gasteiger partial charge < -0.3 is 24.8 Å². The molecule has 11 heteroatoms. The first-order chi connectivity index (χ1) is 17.5. The van der Waals surface area contributed by atoms with Crippen LogP contribution >= 0.6 is 11.8 Å². The number of carbonyl (C=O) groups excluding carboxylic acids is 2. The molecule has 0 aliphatic carbocycles. The molecule has 0 atom stereocenters. The third kappa shape index (κ3) is 6.21. The second kappa shape index (κ2) is 11.7. The zero-order valence-corrected chi connectivity index (χ0v) is 20.0. The highest BCUT2D eigenvalue weighted by Gasteiger charge is 2.23. The lowest BCUT2D eigenvalue weighted by atomic mass is 10.1. The van der Waals surface area contributed by atoms with Crippen LogP contribution in [0.4, 0.5) is 4.39 Å². The van der Waals surface area contributed by atoms with E-state index >= 15 is 0 Å². The van der Waals surface area contributed by atoms with Crippen LogP contribution in [0.2, 0.25) is 0 Å². The molecule has 36 heavy (non-hydrogen) atoms. The molecule has 2 aromatic rings. The van der Waals surface area contributed by atoms with E-state index in [0.29, 0.717) is 54.0 Å². The van der Waals surface area contributed by atoms with Gasteiger partial charge in [0.1, 0.15) is 12.4 Å². The molecule has 0 spiro atoms. The van der Waals surface area contributed by atoms with Crippen LogP contribution in [0.3, 0.4) is 0 Å². The summed E-state index contributed by atoms with van der Waals surface area (Å²) >= 11 is 1.15. The minimum atomic E-state index is -0.827. The van der Waals surface area contributed by atoms with E-state index in [0.717, 1.165) is 11.8 Å². The van der Waals surface area contributed by atoms with Gasteiger partial charge in [-0.05, 0) is 53.7 Å². The number of nitrogens with one attached hydrogen (secondary N) is 1. The van der Waals surface area contributed by atoms with Crippen molar-refractivity contribution < 1.29 is 28.6 Å². The van der Waals surface area contributed by atoms with Gasteiger partial charge in [0.15, 0.2) is 16.7 Å². The number of hydrogen-bond acceptors (Lipinski definition) is 8. The lowest BCUT2D eigenvalue weighted by Gasteiger charge is -2.26. The number of phenols is 1. The molecule has 0 aromatic heterocycles. The van der Waals surface area contributed by atoms with E-state index in [1.54, 1.807) is 17.0 Å². The molecule has 0 bridgehead atoms. The number of morpholine rings is 1. The number of amidine groups is 1. The Balaban J connectivity index is 1.34. The number of rotatable bonds is 7. The Bertz CT molecular complexity index is 1270. The SMILES string of the molecule is N#Cc1ccc(Oc2ccc(/C=C3\SC(NCCC(=O)N4CCOCC4)=NC3=O)cc2O)c(CF)c1. The summed E-state index contributed by atoms with van der Waals surface area (Å²) in [5.41, 5.74) is 1.04. The fourth-order valence-corrected chi connectivity index (χ4v) is 4.40. The number of alkyl halides is 1.